The van der Waals surface area contributed by atoms with E-state index in [1.54, 1.807) is 6.92 Å². The molecule has 1 saturated heterocycles. The van der Waals surface area contributed by atoms with Gasteiger partial charge in [-0.05, 0) is 56.2 Å². The van der Waals surface area contributed by atoms with Gasteiger partial charge in [0, 0.05) is 24.3 Å². The van der Waals surface area contributed by atoms with Crippen molar-refractivity contribution in [2.45, 2.75) is 51.9 Å². The van der Waals surface area contributed by atoms with Crippen molar-refractivity contribution in [3.8, 4) is 0 Å². The summed E-state index contributed by atoms with van der Waals surface area (Å²) in [6, 6.07) is 5.86. The van der Waals surface area contributed by atoms with Crippen LogP contribution < -0.4 is 4.90 Å². The van der Waals surface area contributed by atoms with Crippen LogP contribution in [0, 0.1) is 5.41 Å². The normalized spacial score (nSPS) is 21.5. The van der Waals surface area contributed by atoms with Gasteiger partial charge in [0.1, 0.15) is 0 Å². The van der Waals surface area contributed by atoms with Crippen LogP contribution in [0.2, 0.25) is 5.02 Å². The molecule has 2 nitrogen and oxygen atoms in total. The van der Waals surface area contributed by atoms with Gasteiger partial charge < -0.3 is 4.90 Å². The van der Waals surface area contributed by atoms with E-state index in [-0.39, 0.29) is 5.78 Å². The number of benzene rings is 1. The number of carbonyl (C=O) groups excluding carboxylic acids is 1. The van der Waals surface area contributed by atoms with E-state index in [2.05, 4.69) is 4.90 Å². The smallest absolute Gasteiger partial charge is 0.161 e. The molecule has 1 saturated carbocycles. The zero-order valence-electron chi connectivity index (χ0n) is 12.8. The second-order valence-electron chi connectivity index (χ2n) is 6.77. The number of anilines is 1. The second kappa shape index (κ2) is 6.00. The highest BCUT2D eigenvalue weighted by atomic mass is 35.5. The van der Waals surface area contributed by atoms with Crippen molar-refractivity contribution < 1.29 is 4.79 Å². The number of rotatable bonds is 2. The highest BCUT2D eigenvalue weighted by Crippen LogP contribution is 2.45. The van der Waals surface area contributed by atoms with E-state index in [4.69, 9.17) is 11.6 Å². The van der Waals surface area contributed by atoms with Crippen LogP contribution in [0.5, 0.6) is 0 Å². The number of Topliss-reactive ketones (excluding diaryl/α,β-unsaturated/α-hetero) is 1. The summed E-state index contributed by atoms with van der Waals surface area (Å²) in [5.74, 6) is 0.0337. The summed E-state index contributed by atoms with van der Waals surface area (Å²) < 4.78 is 0. The summed E-state index contributed by atoms with van der Waals surface area (Å²) in [6.07, 6.45) is 9.71. The second-order valence-corrected chi connectivity index (χ2v) is 7.18. The minimum absolute atomic E-state index is 0.0337. The molecule has 0 amide bonds. The Morgan fingerprint density at radius 1 is 1.10 bits per heavy atom. The molecule has 0 aromatic heterocycles. The lowest BCUT2D eigenvalue weighted by Gasteiger charge is -2.45. The summed E-state index contributed by atoms with van der Waals surface area (Å²) >= 11 is 6.24. The third-order valence-corrected chi connectivity index (χ3v) is 5.75. The molecular formula is C18H24ClNO. The summed E-state index contributed by atoms with van der Waals surface area (Å²) in [4.78, 5) is 13.9. The van der Waals surface area contributed by atoms with Crippen molar-refractivity contribution in [2.24, 2.45) is 5.41 Å². The molecule has 2 fully saturated rings. The number of hydrogen-bond donors (Lipinski definition) is 0. The number of halogens is 1. The van der Waals surface area contributed by atoms with E-state index >= 15 is 0 Å². The van der Waals surface area contributed by atoms with Crippen LogP contribution in [0.4, 0.5) is 5.69 Å². The third-order valence-electron chi connectivity index (χ3n) is 5.44. The lowest BCUT2D eigenvalue weighted by atomic mass is 9.68. The van der Waals surface area contributed by atoms with Gasteiger partial charge >= 0.3 is 0 Å². The van der Waals surface area contributed by atoms with Gasteiger partial charge in [-0.25, -0.2) is 0 Å². The molecule has 1 aromatic carbocycles. The monoisotopic (exact) mass is 305 g/mol. The molecule has 3 heteroatoms. The summed E-state index contributed by atoms with van der Waals surface area (Å²) in [5, 5.41) is 0.581. The van der Waals surface area contributed by atoms with Crippen LogP contribution >= 0.6 is 11.6 Å². The van der Waals surface area contributed by atoms with Crippen molar-refractivity contribution >= 4 is 23.1 Å². The zero-order chi connectivity index (χ0) is 14.9. The molecule has 0 atom stereocenters. The lowest BCUT2D eigenvalue weighted by molar-refractivity contribution is 0.101. The van der Waals surface area contributed by atoms with Crippen LogP contribution in [0.15, 0.2) is 18.2 Å². The predicted octanol–water partition coefficient (Wildman–Crippen LogP) is 5.09. The number of nitrogens with zero attached hydrogens (tertiary/aromatic N) is 1. The van der Waals surface area contributed by atoms with Gasteiger partial charge in [0.2, 0.25) is 0 Å². The zero-order valence-corrected chi connectivity index (χ0v) is 13.6. The van der Waals surface area contributed by atoms with Crippen LogP contribution in [-0.2, 0) is 0 Å². The molecule has 1 aliphatic carbocycles. The van der Waals surface area contributed by atoms with Crippen molar-refractivity contribution in [3.63, 3.8) is 0 Å². The van der Waals surface area contributed by atoms with E-state index in [1.807, 2.05) is 18.2 Å². The van der Waals surface area contributed by atoms with Crippen LogP contribution in [0.1, 0.15) is 62.2 Å². The van der Waals surface area contributed by atoms with E-state index in [0.717, 1.165) is 18.8 Å². The van der Waals surface area contributed by atoms with Gasteiger partial charge in [-0.2, -0.15) is 0 Å². The van der Waals surface area contributed by atoms with Gasteiger partial charge in [0.25, 0.3) is 0 Å². The maximum Gasteiger partial charge on any atom is 0.161 e. The van der Waals surface area contributed by atoms with Crippen molar-refractivity contribution in [1.29, 1.82) is 0 Å². The number of hydrogen-bond acceptors (Lipinski definition) is 2. The average Bonchev–Trinajstić information content (AvgIpc) is 2.48. The first-order valence-electron chi connectivity index (χ1n) is 8.15. The minimum atomic E-state index is 0.0337. The van der Waals surface area contributed by atoms with Crippen molar-refractivity contribution in [2.75, 3.05) is 18.0 Å². The Bertz CT molecular complexity index is 524. The number of carbonyl (C=O) groups is 1. The molecule has 21 heavy (non-hydrogen) atoms. The molecule has 0 bridgehead atoms. The van der Waals surface area contributed by atoms with Crippen LogP contribution in [0.25, 0.3) is 0 Å². The summed E-state index contributed by atoms with van der Waals surface area (Å²) in [6.45, 7) is 3.81. The molecule has 0 radical (unpaired) electrons. The molecule has 3 rings (SSSR count). The summed E-state index contributed by atoms with van der Waals surface area (Å²) in [7, 11) is 0. The Kier molecular flexibility index (Phi) is 4.26. The highest BCUT2D eigenvalue weighted by molar-refractivity contribution is 6.34. The average molecular weight is 306 g/mol. The predicted molar refractivity (Wildman–Crippen MR) is 88.4 cm³/mol. The molecular weight excluding hydrogens is 282 g/mol. The van der Waals surface area contributed by atoms with Gasteiger partial charge in [-0.15, -0.1) is 0 Å². The highest BCUT2D eigenvalue weighted by Gasteiger charge is 2.35. The third kappa shape index (κ3) is 3.11. The largest absolute Gasteiger partial charge is 0.371 e. The Morgan fingerprint density at radius 3 is 2.33 bits per heavy atom. The van der Waals surface area contributed by atoms with Gasteiger partial charge in [-0.1, -0.05) is 30.9 Å². The van der Waals surface area contributed by atoms with Gasteiger partial charge in [0.15, 0.2) is 5.78 Å². The molecule has 114 valence electrons. The quantitative estimate of drug-likeness (QED) is 0.709. The molecule has 1 aliphatic heterocycles. The first-order chi connectivity index (χ1) is 10.1. The van der Waals surface area contributed by atoms with Crippen LogP contribution in [-0.4, -0.2) is 18.9 Å². The first-order valence-corrected chi connectivity index (χ1v) is 8.53. The van der Waals surface area contributed by atoms with Crippen LogP contribution in [0.3, 0.4) is 0 Å². The molecule has 0 unspecified atom stereocenters. The fourth-order valence-electron chi connectivity index (χ4n) is 4.03. The van der Waals surface area contributed by atoms with Gasteiger partial charge in [-0.3, -0.25) is 4.79 Å². The maximum atomic E-state index is 11.5. The fourth-order valence-corrected chi connectivity index (χ4v) is 4.34. The Balaban J connectivity index is 1.69. The van der Waals surface area contributed by atoms with E-state index in [1.165, 1.54) is 44.9 Å². The molecule has 1 spiro atoms. The van der Waals surface area contributed by atoms with Crippen molar-refractivity contribution in [3.05, 3.63) is 28.8 Å². The van der Waals surface area contributed by atoms with E-state index in [0.29, 0.717) is 16.0 Å². The van der Waals surface area contributed by atoms with E-state index in [9.17, 15) is 4.79 Å². The maximum absolute atomic E-state index is 11.5. The number of ketones is 1. The van der Waals surface area contributed by atoms with Crippen molar-refractivity contribution in [1.82, 2.24) is 0 Å². The van der Waals surface area contributed by atoms with Gasteiger partial charge in [0.05, 0.1) is 5.02 Å². The fraction of sp³-hybridized carbons (Fsp3) is 0.611. The molecule has 1 heterocycles. The molecule has 2 aliphatic rings. The van der Waals surface area contributed by atoms with E-state index < -0.39 is 0 Å². The minimum Gasteiger partial charge on any atom is -0.371 e. The lowest BCUT2D eigenvalue weighted by Crippen LogP contribution is -2.41. The Morgan fingerprint density at radius 2 is 1.76 bits per heavy atom. The Hall–Kier alpha value is -1.02. The SMILES string of the molecule is CC(=O)c1ccc(N2CCC3(CCCCC3)CC2)cc1Cl. The standard InChI is InChI=1S/C18H24ClNO/c1-14(21)16-6-5-15(13-17(16)19)20-11-9-18(10-12-20)7-3-2-4-8-18/h5-6,13H,2-4,7-12H2,1H3. The first kappa shape index (κ1) is 14.9. The molecule has 0 N–H and O–H groups in total. The molecule has 1 aromatic rings. The topological polar surface area (TPSA) is 20.3 Å². The number of piperidine rings is 1. The Labute approximate surface area is 132 Å². The summed E-state index contributed by atoms with van der Waals surface area (Å²) in [5.41, 5.74) is 2.41.